The van der Waals surface area contributed by atoms with Crippen molar-refractivity contribution in [3.8, 4) is 0 Å². The van der Waals surface area contributed by atoms with Crippen molar-refractivity contribution < 1.29 is 14.8 Å². The highest BCUT2D eigenvalue weighted by Gasteiger charge is 2.11. The third kappa shape index (κ3) is 3.45. The summed E-state index contributed by atoms with van der Waals surface area (Å²) >= 11 is 0. The summed E-state index contributed by atoms with van der Waals surface area (Å²) in [6.07, 6.45) is -0.521. The Balaban J connectivity index is 3.63. The number of hydrogen-bond acceptors (Lipinski definition) is 4. The van der Waals surface area contributed by atoms with Crippen LogP contribution in [-0.4, -0.2) is 16.9 Å². The lowest BCUT2D eigenvalue weighted by Gasteiger charge is -2.02. The number of nitro groups is 1. The van der Waals surface area contributed by atoms with E-state index in [4.69, 9.17) is 0 Å². The predicted molar refractivity (Wildman–Crippen MR) is 26.1 cm³/mol. The normalized spacial score (nSPS) is 12.6. The quantitative estimate of drug-likeness (QED) is 0.356. The van der Waals surface area contributed by atoms with Gasteiger partial charge in [0.25, 0.3) is 0 Å². The molecule has 0 aliphatic rings. The standard InChI is InChI=1S/C4H7NO4/c1-3(5(8)9)2-4(6)7/h3H,2H2,1H3,(H,6,7)/p-1. The lowest BCUT2D eigenvalue weighted by Crippen LogP contribution is -2.29. The van der Waals surface area contributed by atoms with Gasteiger partial charge in [-0.3, -0.25) is 10.1 Å². The Morgan fingerprint density at radius 3 is 2.33 bits per heavy atom. The fourth-order valence-corrected chi connectivity index (χ4v) is 0.316. The molecule has 0 N–H and O–H groups in total. The lowest BCUT2D eigenvalue weighted by molar-refractivity contribution is -0.518. The molecule has 0 aromatic rings. The van der Waals surface area contributed by atoms with Gasteiger partial charge in [-0.05, 0) is 0 Å². The summed E-state index contributed by atoms with van der Waals surface area (Å²) in [6, 6.07) is -1.05. The Morgan fingerprint density at radius 2 is 2.22 bits per heavy atom. The van der Waals surface area contributed by atoms with Gasteiger partial charge in [-0.2, -0.15) is 0 Å². The first kappa shape index (κ1) is 7.87. The molecule has 0 fully saturated rings. The number of carbonyl (C=O) groups is 1. The number of rotatable bonds is 3. The molecular weight excluding hydrogens is 126 g/mol. The maximum Gasteiger partial charge on any atom is 0.215 e. The maximum atomic E-state index is 9.75. The van der Waals surface area contributed by atoms with Crippen molar-refractivity contribution in [1.29, 1.82) is 0 Å². The maximum absolute atomic E-state index is 9.75. The number of carbonyl (C=O) groups excluding carboxylic acids is 1. The Bertz CT molecular complexity index is 133. The zero-order valence-corrected chi connectivity index (χ0v) is 4.86. The Labute approximate surface area is 51.4 Å². The molecule has 0 rings (SSSR count). The number of hydrogen-bond donors (Lipinski definition) is 0. The molecule has 1 unspecified atom stereocenters. The van der Waals surface area contributed by atoms with Crippen molar-refractivity contribution in [2.75, 3.05) is 0 Å². The third-order valence-corrected chi connectivity index (χ3v) is 0.822. The summed E-state index contributed by atoms with van der Waals surface area (Å²) in [5.41, 5.74) is 0. The molecule has 9 heavy (non-hydrogen) atoms. The Morgan fingerprint density at radius 1 is 1.78 bits per heavy atom. The molecule has 0 saturated heterocycles. The van der Waals surface area contributed by atoms with Crippen LogP contribution in [0.25, 0.3) is 0 Å². The van der Waals surface area contributed by atoms with E-state index in [1.54, 1.807) is 0 Å². The minimum atomic E-state index is -1.39. The fourth-order valence-electron chi connectivity index (χ4n) is 0.316. The molecule has 0 aromatic heterocycles. The molecule has 0 spiro atoms. The summed E-state index contributed by atoms with van der Waals surface area (Å²) in [7, 11) is 0. The molecule has 0 aliphatic carbocycles. The van der Waals surface area contributed by atoms with Crippen molar-refractivity contribution in [3.63, 3.8) is 0 Å². The molecule has 5 nitrogen and oxygen atoms in total. The van der Waals surface area contributed by atoms with Gasteiger partial charge >= 0.3 is 0 Å². The Kier molecular flexibility index (Phi) is 2.63. The van der Waals surface area contributed by atoms with E-state index in [9.17, 15) is 20.0 Å². The number of carboxylic acids is 1. The van der Waals surface area contributed by atoms with E-state index < -0.39 is 23.4 Å². The fraction of sp³-hybridized carbons (Fsp3) is 0.750. The van der Waals surface area contributed by atoms with Gasteiger partial charge in [0.2, 0.25) is 6.04 Å². The first-order chi connectivity index (χ1) is 4.04. The molecule has 0 bridgehead atoms. The highest BCUT2D eigenvalue weighted by Crippen LogP contribution is 1.92. The van der Waals surface area contributed by atoms with Gasteiger partial charge in [-0.15, -0.1) is 0 Å². The van der Waals surface area contributed by atoms with Crippen LogP contribution in [0.2, 0.25) is 0 Å². The van der Waals surface area contributed by atoms with Gasteiger partial charge in [0, 0.05) is 17.8 Å². The SMILES string of the molecule is CC(CC(=O)[O-])[N+](=O)[O-]. The van der Waals surface area contributed by atoms with Crippen LogP contribution in [0.5, 0.6) is 0 Å². The first-order valence-electron chi connectivity index (χ1n) is 2.37. The summed E-state index contributed by atoms with van der Waals surface area (Å²) in [5.74, 6) is -1.39. The van der Waals surface area contributed by atoms with E-state index in [2.05, 4.69) is 0 Å². The largest absolute Gasteiger partial charge is 0.550 e. The Hall–Kier alpha value is -1.13. The van der Waals surface area contributed by atoms with Crippen molar-refractivity contribution in [2.24, 2.45) is 0 Å². The second-order valence-corrected chi connectivity index (χ2v) is 1.71. The van der Waals surface area contributed by atoms with Crippen molar-refractivity contribution in [3.05, 3.63) is 10.1 Å². The smallest absolute Gasteiger partial charge is 0.215 e. The zero-order chi connectivity index (χ0) is 7.44. The van der Waals surface area contributed by atoms with Gasteiger partial charge in [0.1, 0.15) is 0 Å². The van der Waals surface area contributed by atoms with Gasteiger partial charge in [-0.1, -0.05) is 0 Å². The van der Waals surface area contributed by atoms with Gasteiger partial charge in [0.05, 0.1) is 6.42 Å². The van der Waals surface area contributed by atoms with E-state index in [-0.39, 0.29) is 0 Å². The monoisotopic (exact) mass is 132 g/mol. The molecular formula is C4H6NO4-. The molecule has 1 atom stereocenters. The van der Waals surface area contributed by atoms with Gasteiger partial charge in [-0.25, -0.2) is 0 Å². The van der Waals surface area contributed by atoms with Crippen LogP contribution in [0.15, 0.2) is 0 Å². The second-order valence-electron chi connectivity index (χ2n) is 1.71. The minimum Gasteiger partial charge on any atom is -0.550 e. The summed E-state index contributed by atoms with van der Waals surface area (Å²) in [6.45, 7) is 1.22. The van der Waals surface area contributed by atoms with E-state index in [1.807, 2.05) is 0 Å². The van der Waals surface area contributed by atoms with Gasteiger partial charge in [0.15, 0.2) is 0 Å². The average Bonchev–Trinajstić information content (AvgIpc) is 1.63. The molecule has 0 heterocycles. The molecule has 52 valence electrons. The van der Waals surface area contributed by atoms with Crippen molar-refractivity contribution >= 4 is 5.97 Å². The highest BCUT2D eigenvalue weighted by atomic mass is 16.6. The molecule has 0 saturated carbocycles. The predicted octanol–water partition coefficient (Wildman–Crippen LogP) is -1.21. The molecule has 0 amide bonds. The van der Waals surface area contributed by atoms with Crippen molar-refractivity contribution in [2.45, 2.75) is 19.4 Å². The molecule has 0 aromatic carbocycles. The van der Waals surface area contributed by atoms with Crippen LogP contribution < -0.4 is 5.11 Å². The second kappa shape index (κ2) is 3.01. The number of nitrogens with zero attached hydrogens (tertiary/aromatic N) is 1. The van der Waals surface area contributed by atoms with Crippen LogP contribution in [0.1, 0.15) is 13.3 Å². The molecule has 5 heteroatoms. The summed E-state index contributed by atoms with van der Waals surface area (Å²) in [5, 5.41) is 19.4. The van der Waals surface area contributed by atoms with E-state index in [1.165, 1.54) is 6.92 Å². The third-order valence-electron chi connectivity index (χ3n) is 0.822. The van der Waals surface area contributed by atoms with Gasteiger partial charge < -0.3 is 9.90 Å². The van der Waals surface area contributed by atoms with Crippen LogP contribution >= 0.6 is 0 Å². The van der Waals surface area contributed by atoms with E-state index >= 15 is 0 Å². The first-order valence-corrected chi connectivity index (χ1v) is 2.37. The van der Waals surface area contributed by atoms with Crippen molar-refractivity contribution in [1.82, 2.24) is 0 Å². The van der Waals surface area contributed by atoms with Crippen LogP contribution in [0, 0.1) is 10.1 Å². The number of carboxylic acid groups (broad SMARTS) is 1. The molecule has 0 aliphatic heterocycles. The lowest BCUT2D eigenvalue weighted by atomic mass is 10.2. The van der Waals surface area contributed by atoms with E-state index in [0.29, 0.717) is 0 Å². The average molecular weight is 132 g/mol. The molecule has 0 radical (unpaired) electrons. The van der Waals surface area contributed by atoms with Crippen LogP contribution in [0.4, 0.5) is 0 Å². The highest BCUT2D eigenvalue weighted by molar-refractivity contribution is 5.64. The van der Waals surface area contributed by atoms with Crippen LogP contribution in [-0.2, 0) is 4.79 Å². The summed E-state index contributed by atoms with van der Waals surface area (Å²) in [4.78, 5) is 18.8. The topological polar surface area (TPSA) is 83.3 Å². The summed E-state index contributed by atoms with van der Waals surface area (Å²) < 4.78 is 0. The minimum absolute atomic E-state index is 0.521. The van der Waals surface area contributed by atoms with E-state index in [0.717, 1.165) is 0 Å². The number of aliphatic carboxylic acids is 1. The van der Waals surface area contributed by atoms with Crippen LogP contribution in [0.3, 0.4) is 0 Å². The zero-order valence-electron chi connectivity index (χ0n) is 4.86.